The second kappa shape index (κ2) is 6.98. The van der Waals surface area contributed by atoms with Crippen molar-refractivity contribution < 1.29 is 14.3 Å². The van der Waals surface area contributed by atoms with Gasteiger partial charge < -0.3 is 15.4 Å². The van der Waals surface area contributed by atoms with Gasteiger partial charge in [0.05, 0.1) is 5.69 Å². The van der Waals surface area contributed by atoms with Gasteiger partial charge in [-0.25, -0.2) is 4.79 Å². The van der Waals surface area contributed by atoms with Gasteiger partial charge in [0.1, 0.15) is 18.1 Å². The second-order valence-electron chi connectivity index (χ2n) is 5.93. The van der Waals surface area contributed by atoms with Crippen LogP contribution in [0.1, 0.15) is 6.92 Å². The normalized spacial score (nSPS) is 13.1. The molecule has 1 aliphatic rings. The zero-order valence-electron chi connectivity index (χ0n) is 14.9. The monoisotopic (exact) mass is 373 g/mol. The average Bonchev–Trinajstić information content (AvgIpc) is 2.63. The van der Waals surface area contributed by atoms with Crippen molar-refractivity contribution in [2.45, 2.75) is 13.5 Å². The summed E-state index contributed by atoms with van der Waals surface area (Å²) in [5, 5.41) is 0. The molecular weight excluding hydrogens is 354 g/mol. The summed E-state index contributed by atoms with van der Waals surface area (Å²) < 4.78 is 6.49. The fraction of sp³-hybridized carbons (Fsp3) is 0.294. The third-order valence-corrected chi connectivity index (χ3v) is 4.34. The number of anilines is 3. The molecule has 0 radical (unpaired) electrons. The molecular formula is C17H19N5O5. The molecule has 0 spiro atoms. The predicted octanol–water partition coefficient (Wildman–Crippen LogP) is -0.473. The summed E-state index contributed by atoms with van der Waals surface area (Å²) >= 11 is 0. The quantitative estimate of drug-likeness (QED) is 0.745. The number of hydrogen-bond donors (Lipinski definition) is 2. The Morgan fingerprint density at radius 3 is 2.70 bits per heavy atom. The number of amides is 2. The van der Waals surface area contributed by atoms with Crippen LogP contribution in [0, 0.1) is 0 Å². The third-order valence-electron chi connectivity index (χ3n) is 4.34. The van der Waals surface area contributed by atoms with E-state index in [9.17, 15) is 19.2 Å². The maximum atomic E-state index is 12.8. The lowest BCUT2D eigenvalue weighted by atomic mass is 10.2. The highest BCUT2D eigenvalue weighted by Crippen LogP contribution is 2.31. The van der Waals surface area contributed by atoms with Gasteiger partial charge in [0.15, 0.2) is 12.3 Å². The summed E-state index contributed by atoms with van der Waals surface area (Å²) in [5.41, 5.74) is 4.82. The summed E-state index contributed by atoms with van der Waals surface area (Å²) in [5.74, 6) is -0.547. The molecule has 27 heavy (non-hydrogen) atoms. The van der Waals surface area contributed by atoms with Crippen molar-refractivity contribution in [2.24, 2.45) is 0 Å². The van der Waals surface area contributed by atoms with Gasteiger partial charge in [-0.05, 0) is 19.1 Å². The van der Waals surface area contributed by atoms with E-state index in [0.717, 1.165) is 9.47 Å². The van der Waals surface area contributed by atoms with E-state index >= 15 is 0 Å². The van der Waals surface area contributed by atoms with Gasteiger partial charge in [-0.15, -0.1) is 0 Å². The Morgan fingerprint density at radius 2 is 2.00 bits per heavy atom. The minimum atomic E-state index is -0.772. The molecule has 0 unspecified atom stereocenters. The molecule has 2 heterocycles. The number of fused-ring (bicyclic) bond motifs is 1. The molecule has 3 rings (SSSR count). The Balaban J connectivity index is 1.93. The lowest BCUT2D eigenvalue weighted by Gasteiger charge is -2.30. The summed E-state index contributed by atoms with van der Waals surface area (Å²) in [6.45, 7) is 1.42. The molecule has 1 aromatic heterocycles. The number of hydrogen-bond acceptors (Lipinski definition) is 6. The molecule has 0 aliphatic carbocycles. The highest BCUT2D eigenvalue weighted by molar-refractivity contribution is 6.06. The standard InChI is InChI=1S/C17H19N5O5/c1-3-21-15(18)14(16(25)19-17(21)26)20(2)12(23)8-22-10-6-4-5-7-11(10)27-9-13(22)24/h4-7H,3,8-9,18H2,1-2H3,(H,19,25,26). The van der Waals surface area contributed by atoms with E-state index in [0.29, 0.717) is 11.4 Å². The van der Waals surface area contributed by atoms with Gasteiger partial charge in [0, 0.05) is 13.6 Å². The topological polar surface area (TPSA) is 131 Å². The maximum Gasteiger partial charge on any atom is 0.330 e. The van der Waals surface area contributed by atoms with Gasteiger partial charge >= 0.3 is 5.69 Å². The molecule has 142 valence electrons. The van der Waals surface area contributed by atoms with Crippen molar-refractivity contribution in [1.29, 1.82) is 0 Å². The number of aromatic amines is 1. The summed E-state index contributed by atoms with van der Waals surface area (Å²) in [4.78, 5) is 53.4. The molecule has 1 aliphatic heterocycles. The number of para-hydroxylation sites is 2. The van der Waals surface area contributed by atoms with Crippen LogP contribution in [0.3, 0.4) is 0 Å². The molecule has 10 nitrogen and oxygen atoms in total. The number of aromatic nitrogens is 2. The number of H-pyrrole nitrogens is 1. The van der Waals surface area contributed by atoms with Gasteiger partial charge in [-0.2, -0.15) is 0 Å². The first-order valence-corrected chi connectivity index (χ1v) is 8.26. The molecule has 2 amide bonds. The molecule has 3 N–H and O–H groups in total. The first-order chi connectivity index (χ1) is 12.8. The van der Waals surface area contributed by atoms with E-state index in [1.165, 1.54) is 11.9 Å². The molecule has 2 aromatic rings. The van der Waals surface area contributed by atoms with Crippen LogP contribution in [-0.4, -0.2) is 41.6 Å². The van der Waals surface area contributed by atoms with E-state index in [1.807, 2.05) is 0 Å². The van der Waals surface area contributed by atoms with E-state index in [2.05, 4.69) is 4.98 Å². The molecule has 0 saturated heterocycles. The largest absolute Gasteiger partial charge is 0.482 e. The Kier molecular flexibility index (Phi) is 4.72. The maximum absolute atomic E-state index is 12.8. The highest BCUT2D eigenvalue weighted by Gasteiger charge is 2.29. The third kappa shape index (κ3) is 3.16. The predicted molar refractivity (Wildman–Crippen MR) is 99.1 cm³/mol. The van der Waals surface area contributed by atoms with E-state index < -0.39 is 17.2 Å². The number of likely N-dealkylation sites (N-methyl/N-ethyl adjacent to an activating group) is 1. The number of nitrogen functional groups attached to an aromatic ring is 1. The minimum Gasteiger partial charge on any atom is -0.482 e. The summed E-state index contributed by atoms with van der Waals surface area (Å²) in [6.07, 6.45) is 0. The number of carbonyl (C=O) groups is 2. The molecule has 0 fully saturated rings. The number of rotatable bonds is 4. The van der Waals surface area contributed by atoms with Gasteiger partial charge in [-0.1, -0.05) is 12.1 Å². The zero-order valence-corrected chi connectivity index (χ0v) is 14.9. The fourth-order valence-corrected chi connectivity index (χ4v) is 2.91. The lowest BCUT2D eigenvalue weighted by Crippen LogP contribution is -2.47. The molecule has 0 bridgehead atoms. The van der Waals surface area contributed by atoms with Crippen LogP contribution in [0.25, 0.3) is 0 Å². The van der Waals surface area contributed by atoms with Crippen LogP contribution in [0.2, 0.25) is 0 Å². The van der Waals surface area contributed by atoms with Crippen LogP contribution in [-0.2, 0) is 16.1 Å². The van der Waals surface area contributed by atoms with Crippen LogP contribution >= 0.6 is 0 Å². The smallest absolute Gasteiger partial charge is 0.330 e. The lowest BCUT2D eigenvalue weighted by molar-refractivity contribution is -0.124. The van der Waals surface area contributed by atoms with Crippen molar-refractivity contribution in [3.63, 3.8) is 0 Å². The van der Waals surface area contributed by atoms with Crippen molar-refractivity contribution in [3.8, 4) is 5.75 Å². The molecule has 0 saturated carbocycles. The second-order valence-corrected chi connectivity index (χ2v) is 5.93. The van der Waals surface area contributed by atoms with Crippen LogP contribution in [0.4, 0.5) is 17.2 Å². The summed E-state index contributed by atoms with van der Waals surface area (Å²) in [7, 11) is 1.37. The first kappa shape index (κ1) is 18.2. The van der Waals surface area contributed by atoms with Crippen molar-refractivity contribution in [1.82, 2.24) is 9.55 Å². The number of carbonyl (C=O) groups excluding carboxylic acids is 2. The van der Waals surface area contributed by atoms with Crippen molar-refractivity contribution >= 4 is 29.0 Å². The Labute approximate surface area is 153 Å². The molecule has 0 atom stereocenters. The van der Waals surface area contributed by atoms with E-state index in [4.69, 9.17) is 10.5 Å². The van der Waals surface area contributed by atoms with Gasteiger partial charge in [0.25, 0.3) is 11.5 Å². The van der Waals surface area contributed by atoms with Crippen LogP contribution < -0.4 is 31.5 Å². The number of benzene rings is 1. The average molecular weight is 373 g/mol. The Morgan fingerprint density at radius 1 is 1.30 bits per heavy atom. The van der Waals surface area contributed by atoms with Crippen molar-refractivity contribution in [2.75, 3.05) is 35.7 Å². The number of nitrogens with zero attached hydrogens (tertiary/aromatic N) is 3. The van der Waals surface area contributed by atoms with Gasteiger partial charge in [0.2, 0.25) is 5.91 Å². The Hall–Kier alpha value is -3.56. The molecule has 1 aromatic carbocycles. The number of nitrogens with two attached hydrogens (primary N) is 1. The SMILES string of the molecule is CCn1c(N)c(N(C)C(=O)CN2C(=O)COc3ccccc32)c(=O)[nH]c1=O. The minimum absolute atomic E-state index is 0.115. The van der Waals surface area contributed by atoms with Crippen LogP contribution in [0.5, 0.6) is 5.75 Å². The number of ether oxygens (including phenoxy) is 1. The fourth-order valence-electron chi connectivity index (χ4n) is 2.91. The highest BCUT2D eigenvalue weighted by atomic mass is 16.5. The van der Waals surface area contributed by atoms with Crippen molar-refractivity contribution in [3.05, 3.63) is 45.1 Å². The van der Waals surface area contributed by atoms with E-state index in [-0.39, 0.29) is 37.1 Å². The summed E-state index contributed by atoms with van der Waals surface area (Å²) in [6, 6.07) is 6.84. The van der Waals surface area contributed by atoms with Gasteiger partial charge in [-0.3, -0.25) is 28.8 Å². The Bertz CT molecular complexity index is 1030. The zero-order chi connectivity index (χ0) is 19.7. The van der Waals surface area contributed by atoms with E-state index in [1.54, 1.807) is 31.2 Å². The molecule has 10 heteroatoms. The number of nitrogens with one attached hydrogen (secondary N) is 1. The van der Waals surface area contributed by atoms with Crippen LogP contribution in [0.15, 0.2) is 33.9 Å². The first-order valence-electron chi connectivity index (χ1n) is 8.26.